The van der Waals surface area contributed by atoms with Crippen molar-refractivity contribution in [1.29, 1.82) is 0 Å². The van der Waals surface area contributed by atoms with Gasteiger partial charge in [0.15, 0.2) is 0 Å². The van der Waals surface area contributed by atoms with Crippen molar-refractivity contribution >= 4 is 11.3 Å². The minimum atomic E-state index is 0.261. The molecular weight excluding hydrogens is 248 g/mol. The van der Waals surface area contributed by atoms with Gasteiger partial charge in [0, 0.05) is 31.1 Å². The molecule has 0 bridgehead atoms. The molecule has 1 aromatic heterocycles. The first kappa shape index (κ1) is 12.5. The molecule has 5 heteroatoms. The number of fused-ring (bicyclic) bond motifs is 1. The summed E-state index contributed by atoms with van der Waals surface area (Å²) in [5, 5.41) is 0. The molecule has 0 amide bonds. The molecule has 0 radical (unpaired) electrons. The van der Waals surface area contributed by atoms with Crippen molar-refractivity contribution in [3.05, 3.63) is 16.1 Å². The lowest BCUT2D eigenvalue weighted by molar-refractivity contribution is -0.106. The van der Waals surface area contributed by atoms with Crippen molar-refractivity contribution in [3.8, 4) is 0 Å². The van der Waals surface area contributed by atoms with Crippen molar-refractivity contribution in [2.45, 2.75) is 44.6 Å². The topological polar surface area (TPSA) is 34.6 Å². The third kappa shape index (κ3) is 2.20. The van der Waals surface area contributed by atoms with Crippen LogP contribution in [-0.4, -0.2) is 48.4 Å². The minimum absolute atomic E-state index is 0.261. The molecule has 1 saturated heterocycles. The summed E-state index contributed by atoms with van der Waals surface area (Å²) >= 11 is 1.76. The van der Waals surface area contributed by atoms with Crippen molar-refractivity contribution in [2.24, 2.45) is 0 Å². The molecule has 1 aromatic rings. The lowest BCUT2D eigenvalue weighted by Crippen LogP contribution is -2.51. The molecule has 1 aliphatic heterocycles. The molecule has 1 saturated carbocycles. The van der Waals surface area contributed by atoms with Crippen molar-refractivity contribution < 1.29 is 9.47 Å². The highest BCUT2D eigenvalue weighted by Crippen LogP contribution is 2.33. The summed E-state index contributed by atoms with van der Waals surface area (Å²) in [4.78, 5) is 8.27. The van der Waals surface area contributed by atoms with E-state index >= 15 is 0 Å². The number of methoxy groups -OCH3 is 1. The second kappa shape index (κ2) is 5.25. The van der Waals surface area contributed by atoms with Crippen LogP contribution >= 0.6 is 11.3 Å². The van der Waals surface area contributed by atoms with Crippen LogP contribution in [0.1, 0.15) is 23.4 Å². The summed E-state index contributed by atoms with van der Waals surface area (Å²) in [6, 6.07) is 0.519. The second-order valence-corrected chi connectivity index (χ2v) is 6.03. The molecule has 2 aliphatic rings. The van der Waals surface area contributed by atoms with Gasteiger partial charge in [0.05, 0.1) is 30.0 Å². The van der Waals surface area contributed by atoms with Crippen molar-refractivity contribution in [2.75, 3.05) is 20.3 Å². The number of ether oxygens (including phenoxy) is 2. The van der Waals surface area contributed by atoms with Gasteiger partial charge >= 0.3 is 0 Å². The average molecular weight is 268 g/mol. The van der Waals surface area contributed by atoms with Crippen LogP contribution in [0.5, 0.6) is 0 Å². The molecule has 0 unspecified atom stereocenters. The summed E-state index contributed by atoms with van der Waals surface area (Å²) in [7, 11) is 1.79. The van der Waals surface area contributed by atoms with E-state index in [-0.39, 0.29) is 12.2 Å². The van der Waals surface area contributed by atoms with Gasteiger partial charge in [0.1, 0.15) is 0 Å². The third-order valence-corrected chi connectivity index (χ3v) is 5.06. The van der Waals surface area contributed by atoms with Crippen LogP contribution in [0.25, 0.3) is 0 Å². The zero-order chi connectivity index (χ0) is 12.5. The zero-order valence-corrected chi connectivity index (χ0v) is 11.8. The van der Waals surface area contributed by atoms with Crippen molar-refractivity contribution in [1.82, 2.24) is 9.88 Å². The summed E-state index contributed by atoms with van der Waals surface area (Å²) in [6.07, 6.45) is 2.84. The number of hydrogen-bond donors (Lipinski definition) is 0. The van der Waals surface area contributed by atoms with Crippen molar-refractivity contribution in [3.63, 3.8) is 0 Å². The first-order chi connectivity index (χ1) is 8.79. The Kier molecular flexibility index (Phi) is 3.66. The van der Waals surface area contributed by atoms with Crippen LogP contribution in [-0.2, 0) is 16.0 Å². The standard InChI is InChI=1S/C13H20N2O2S/c1-9-12(18-8-14-9)7-15-5-6-17-13-10(15)3-4-11(13)16-2/h8,10-11,13H,3-7H2,1-2H3/t10-,11+,13+/m0/s1. The quantitative estimate of drug-likeness (QED) is 0.837. The number of nitrogens with zero attached hydrogens (tertiary/aromatic N) is 2. The highest BCUT2D eigenvalue weighted by molar-refractivity contribution is 7.09. The van der Waals surface area contributed by atoms with Gasteiger partial charge in [0.25, 0.3) is 0 Å². The molecule has 0 N–H and O–H groups in total. The first-order valence-electron chi connectivity index (χ1n) is 6.57. The molecule has 2 fully saturated rings. The number of aryl methyl sites for hydroxylation is 1. The van der Waals surface area contributed by atoms with Gasteiger partial charge in [0.2, 0.25) is 0 Å². The van der Waals surface area contributed by atoms with Crippen LogP contribution in [0.15, 0.2) is 5.51 Å². The van der Waals surface area contributed by atoms with Crippen LogP contribution in [0.3, 0.4) is 0 Å². The maximum absolute atomic E-state index is 5.91. The Morgan fingerprint density at radius 1 is 1.56 bits per heavy atom. The maximum Gasteiger partial charge on any atom is 0.0991 e. The van der Waals surface area contributed by atoms with Gasteiger partial charge in [-0.1, -0.05) is 0 Å². The minimum Gasteiger partial charge on any atom is -0.379 e. The predicted molar refractivity (Wildman–Crippen MR) is 70.8 cm³/mol. The van der Waals surface area contributed by atoms with Crippen LogP contribution in [0, 0.1) is 6.92 Å². The molecular formula is C13H20N2O2S. The Morgan fingerprint density at radius 3 is 3.17 bits per heavy atom. The molecule has 18 heavy (non-hydrogen) atoms. The largest absolute Gasteiger partial charge is 0.379 e. The number of aromatic nitrogens is 1. The van der Waals surface area contributed by atoms with E-state index in [9.17, 15) is 0 Å². The normalized spacial score (nSPS) is 32.7. The van der Waals surface area contributed by atoms with Gasteiger partial charge in [-0.15, -0.1) is 11.3 Å². The monoisotopic (exact) mass is 268 g/mol. The Labute approximate surface area is 112 Å². The molecule has 1 aliphatic carbocycles. The van der Waals surface area contributed by atoms with Gasteiger partial charge < -0.3 is 9.47 Å². The fourth-order valence-electron chi connectivity index (χ4n) is 3.10. The van der Waals surface area contributed by atoms with E-state index in [1.165, 1.54) is 17.0 Å². The Morgan fingerprint density at radius 2 is 2.44 bits per heavy atom. The zero-order valence-electron chi connectivity index (χ0n) is 11.0. The molecule has 2 heterocycles. The molecule has 0 aromatic carbocycles. The fraction of sp³-hybridized carbons (Fsp3) is 0.769. The van der Waals surface area contributed by atoms with Gasteiger partial charge in [-0.3, -0.25) is 4.90 Å². The van der Waals surface area contributed by atoms with E-state index in [0.717, 1.165) is 26.1 Å². The third-order valence-electron chi connectivity index (χ3n) is 4.14. The number of hydrogen-bond acceptors (Lipinski definition) is 5. The Bertz CT molecular complexity index is 409. The number of thiazole rings is 1. The molecule has 100 valence electrons. The molecule has 3 rings (SSSR count). The lowest BCUT2D eigenvalue weighted by atomic mass is 10.1. The van der Waals surface area contributed by atoms with Gasteiger partial charge in [-0.05, 0) is 19.8 Å². The van der Waals surface area contributed by atoms with Crippen LogP contribution in [0.4, 0.5) is 0 Å². The fourth-order valence-corrected chi connectivity index (χ4v) is 3.90. The number of morpholine rings is 1. The van der Waals surface area contributed by atoms with E-state index < -0.39 is 0 Å². The summed E-state index contributed by atoms with van der Waals surface area (Å²) in [6.45, 7) is 4.95. The lowest BCUT2D eigenvalue weighted by Gasteiger charge is -2.38. The maximum atomic E-state index is 5.91. The van der Waals surface area contributed by atoms with Crippen LogP contribution < -0.4 is 0 Å². The van der Waals surface area contributed by atoms with E-state index in [2.05, 4.69) is 16.8 Å². The van der Waals surface area contributed by atoms with Crippen LogP contribution in [0.2, 0.25) is 0 Å². The van der Waals surface area contributed by atoms with Gasteiger partial charge in [-0.25, -0.2) is 4.98 Å². The SMILES string of the molecule is CO[C@@H]1CC[C@H]2[C@H]1OCCN2Cc1scnc1C. The Hall–Kier alpha value is -0.490. The van der Waals surface area contributed by atoms with E-state index in [1.54, 1.807) is 18.4 Å². The summed E-state index contributed by atoms with van der Waals surface area (Å²) in [5.74, 6) is 0. The second-order valence-electron chi connectivity index (χ2n) is 5.09. The van der Waals surface area contributed by atoms with E-state index in [0.29, 0.717) is 6.04 Å². The molecule has 3 atom stereocenters. The number of rotatable bonds is 3. The van der Waals surface area contributed by atoms with E-state index in [4.69, 9.17) is 9.47 Å². The molecule has 4 nitrogen and oxygen atoms in total. The summed E-state index contributed by atoms with van der Waals surface area (Å²) in [5.41, 5.74) is 3.11. The highest BCUT2D eigenvalue weighted by atomic mass is 32.1. The smallest absolute Gasteiger partial charge is 0.0991 e. The Balaban J connectivity index is 1.71. The first-order valence-corrected chi connectivity index (χ1v) is 7.45. The molecule has 0 spiro atoms. The average Bonchev–Trinajstić information content (AvgIpc) is 2.97. The predicted octanol–water partition coefficient (Wildman–Crippen LogP) is 1.83. The van der Waals surface area contributed by atoms with E-state index in [1.807, 2.05) is 5.51 Å². The summed E-state index contributed by atoms with van der Waals surface area (Å²) < 4.78 is 11.4. The highest BCUT2D eigenvalue weighted by Gasteiger charge is 2.42. The van der Waals surface area contributed by atoms with Gasteiger partial charge in [-0.2, -0.15) is 0 Å².